The van der Waals surface area contributed by atoms with Gasteiger partial charge in [-0.15, -0.1) is 0 Å². The second-order valence-corrected chi connectivity index (χ2v) is 9.10. The Morgan fingerprint density at radius 2 is 1.03 bits per heavy atom. The van der Waals surface area contributed by atoms with Gasteiger partial charge in [0, 0.05) is 23.2 Å². The zero-order chi connectivity index (χ0) is 21.6. The van der Waals surface area contributed by atoms with Gasteiger partial charge < -0.3 is 10.6 Å². The fourth-order valence-corrected chi connectivity index (χ4v) is 3.73. The molecular formula is C22H28N2O4S. The number of anilines is 2. The third-order valence-corrected chi connectivity index (χ3v) is 6.77. The summed E-state index contributed by atoms with van der Waals surface area (Å²) in [5.74, 6) is -0.424. The van der Waals surface area contributed by atoms with Crippen molar-refractivity contribution in [1.82, 2.24) is 0 Å². The van der Waals surface area contributed by atoms with Gasteiger partial charge in [-0.1, -0.05) is 27.7 Å². The van der Waals surface area contributed by atoms with Gasteiger partial charge in [0.15, 0.2) is 0 Å². The quantitative estimate of drug-likeness (QED) is 0.663. The zero-order valence-corrected chi connectivity index (χ0v) is 18.0. The largest absolute Gasteiger partial charge is 0.326 e. The van der Waals surface area contributed by atoms with E-state index < -0.39 is 9.84 Å². The molecule has 2 aromatic rings. The molecule has 6 nitrogen and oxygen atoms in total. The van der Waals surface area contributed by atoms with Crippen molar-refractivity contribution in [1.29, 1.82) is 0 Å². The van der Waals surface area contributed by atoms with Crippen molar-refractivity contribution in [3.8, 4) is 0 Å². The molecule has 0 fully saturated rings. The summed E-state index contributed by atoms with van der Waals surface area (Å²) in [7, 11) is -3.70. The number of nitrogens with one attached hydrogen (secondary N) is 2. The maximum absolute atomic E-state index is 12.8. The van der Waals surface area contributed by atoms with E-state index in [1.165, 1.54) is 24.3 Å². The Bertz CT molecular complexity index is 878. The minimum Gasteiger partial charge on any atom is -0.326 e. The molecule has 0 aliphatic heterocycles. The van der Waals surface area contributed by atoms with Crippen LogP contribution in [0.2, 0.25) is 0 Å². The molecule has 29 heavy (non-hydrogen) atoms. The first-order chi connectivity index (χ1) is 13.7. The Hall–Kier alpha value is -2.67. The van der Waals surface area contributed by atoms with E-state index in [1.807, 2.05) is 27.7 Å². The molecule has 2 amide bonds. The van der Waals surface area contributed by atoms with E-state index in [0.29, 0.717) is 11.4 Å². The molecule has 0 aliphatic rings. The van der Waals surface area contributed by atoms with Crippen LogP contribution in [0.15, 0.2) is 58.3 Å². The molecule has 0 aromatic heterocycles. The lowest BCUT2D eigenvalue weighted by Crippen LogP contribution is -2.19. The highest BCUT2D eigenvalue weighted by atomic mass is 32.2. The van der Waals surface area contributed by atoms with Gasteiger partial charge in [0.2, 0.25) is 21.7 Å². The smallest absolute Gasteiger partial charge is 0.227 e. The predicted octanol–water partition coefficient (Wildman–Crippen LogP) is 4.49. The minimum absolute atomic E-state index is 0.0989. The molecule has 7 heteroatoms. The van der Waals surface area contributed by atoms with Crippen molar-refractivity contribution in [2.24, 2.45) is 11.8 Å². The number of hydrogen-bond acceptors (Lipinski definition) is 4. The Morgan fingerprint density at radius 1 is 0.724 bits per heavy atom. The predicted molar refractivity (Wildman–Crippen MR) is 115 cm³/mol. The lowest BCUT2D eigenvalue weighted by Gasteiger charge is -2.12. The summed E-state index contributed by atoms with van der Waals surface area (Å²) in [6.45, 7) is 7.54. The van der Waals surface area contributed by atoms with E-state index in [0.717, 1.165) is 12.8 Å². The molecule has 156 valence electrons. The highest BCUT2D eigenvalue weighted by Gasteiger charge is 2.18. The molecule has 0 radical (unpaired) electrons. The number of rotatable bonds is 8. The minimum atomic E-state index is -3.70. The Labute approximate surface area is 172 Å². The fourth-order valence-electron chi connectivity index (χ4n) is 2.47. The Kier molecular flexibility index (Phi) is 7.56. The van der Waals surface area contributed by atoms with E-state index in [1.54, 1.807) is 24.3 Å². The normalized spacial score (nSPS) is 13.4. The molecule has 2 unspecified atom stereocenters. The summed E-state index contributed by atoms with van der Waals surface area (Å²) in [5.41, 5.74) is 1.11. The lowest BCUT2D eigenvalue weighted by atomic mass is 10.1. The van der Waals surface area contributed by atoms with Crippen molar-refractivity contribution in [2.45, 2.75) is 50.3 Å². The first kappa shape index (κ1) is 22.6. The van der Waals surface area contributed by atoms with Gasteiger partial charge >= 0.3 is 0 Å². The number of sulfone groups is 1. The van der Waals surface area contributed by atoms with Crippen LogP contribution in [0.5, 0.6) is 0 Å². The van der Waals surface area contributed by atoms with Crippen LogP contribution in [-0.4, -0.2) is 20.2 Å². The van der Waals surface area contributed by atoms with E-state index in [4.69, 9.17) is 0 Å². The number of benzene rings is 2. The van der Waals surface area contributed by atoms with E-state index in [-0.39, 0.29) is 33.4 Å². The van der Waals surface area contributed by atoms with E-state index in [9.17, 15) is 18.0 Å². The SMILES string of the molecule is CCC(C)C(=O)Nc1ccc(S(=O)(=O)c2ccc(NC(=O)C(C)CC)cc2)cc1. The van der Waals surface area contributed by atoms with Gasteiger partial charge in [0.25, 0.3) is 0 Å². The number of carbonyl (C=O) groups excluding carboxylic acids is 2. The van der Waals surface area contributed by atoms with Crippen LogP contribution in [0, 0.1) is 11.8 Å². The first-order valence-corrected chi connectivity index (χ1v) is 11.2. The van der Waals surface area contributed by atoms with Crippen LogP contribution < -0.4 is 10.6 Å². The summed E-state index contributed by atoms with van der Waals surface area (Å²) < 4.78 is 25.7. The van der Waals surface area contributed by atoms with Gasteiger partial charge in [-0.05, 0) is 61.4 Å². The van der Waals surface area contributed by atoms with Crippen molar-refractivity contribution >= 4 is 33.0 Å². The third-order valence-electron chi connectivity index (χ3n) is 4.98. The average molecular weight is 417 g/mol. The van der Waals surface area contributed by atoms with Crippen LogP contribution in [0.4, 0.5) is 11.4 Å². The molecule has 0 saturated carbocycles. The molecule has 2 rings (SSSR count). The lowest BCUT2D eigenvalue weighted by molar-refractivity contribution is -0.120. The monoisotopic (exact) mass is 416 g/mol. The fraction of sp³-hybridized carbons (Fsp3) is 0.364. The van der Waals surface area contributed by atoms with Crippen molar-refractivity contribution in [2.75, 3.05) is 10.6 Å². The molecule has 0 saturated heterocycles. The zero-order valence-electron chi connectivity index (χ0n) is 17.2. The van der Waals surface area contributed by atoms with Crippen LogP contribution >= 0.6 is 0 Å². The first-order valence-electron chi connectivity index (χ1n) is 9.76. The molecule has 0 aliphatic carbocycles. The Morgan fingerprint density at radius 3 is 1.31 bits per heavy atom. The Balaban J connectivity index is 2.14. The van der Waals surface area contributed by atoms with Crippen molar-refractivity contribution in [3.63, 3.8) is 0 Å². The van der Waals surface area contributed by atoms with Gasteiger partial charge in [0.1, 0.15) is 0 Å². The molecule has 0 heterocycles. The number of hydrogen-bond donors (Lipinski definition) is 2. The maximum Gasteiger partial charge on any atom is 0.227 e. The van der Waals surface area contributed by atoms with E-state index in [2.05, 4.69) is 10.6 Å². The molecule has 0 bridgehead atoms. The highest BCUT2D eigenvalue weighted by molar-refractivity contribution is 7.91. The van der Waals surface area contributed by atoms with Gasteiger partial charge in [0.05, 0.1) is 9.79 Å². The third kappa shape index (κ3) is 5.67. The van der Waals surface area contributed by atoms with Crippen LogP contribution in [0.25, 0.3) is 0 Å². The number of carbonyl (C=O) groups is 2. The van der Waals surface area contributed by atoms with Gasteiger partial charge in [-0.3, -0.25) is 9.59 Å². The highest BCUT2D eigenvalue weighted by Crippen LogP contribution is 2.24. The maximum atomic E-state index is 12.8. The second-order valence-electron chi connectivity index (χ2n) is 7.15. The van der Waals surface area contributed by atoms with Crippen molar-refractivity contribution in [3.05, 3.63) is 48.5 Å². The summed E-state index contributed by atoms with van der Waals surface area (Å²) in [5, 5.41) is 5.55. The summed E-state index contributed by atoms with van der Waals surface area (Å²) in [6.07, 6.45) is 1.46. The summed E-state index contributed by atoms with van der Waals surface area (Å²) in [6, 6.07) is 12.2. The van der Waals surface area contributed by atoms with Crippen LogP contribution in [-0.2, 0) is 19.4 Å². The van der Waals surface area contributed by atoms with Gasteiger partial charge in [-0.25, -0.2) is 8.42 Å². The number of amides is 2. The second kappa shape index (κ2) is 9.69. The summed E-state index contributed by atoms with van der Waals surface area (Å²) >= 11 is 0. The standard InChI is InChI=1S/C22H28N2O4S/c1-5-15(3)21(25)23-17-7-11-19(12-8-17)29(27,28)20-13-9-18(10-14-20)24-22(26)16(4)6-2/h7-16H,5-6H2,1-4H3,(H,23,25)(H,24,26). The molecule has 2 atom stereocenters. The molecule has 2 aromatic carbocycles. The molecule has 2 N–H and O–H groups in total. The average Bonchev–Trinajstić information content (AvgIpc) is 2.73. The molecular weight excluding hydrogens is 388 g/mol. The van der Waals surface area contributed by atoms with Crippen LogP contribution in [0.3, 0.4) is 0 Å². The van der Waals surface area contributed by atoms with E-state index >= 15 is 0 Å². The summed E-state index contributed by atoms with van der Waals surface area (Å²) in [4.78, 5) is 24.2. The topological polar surface area (TPSA) is 92.3 Å². The van der Waals surface area contributed by atoms with Gasteiger partial charge in [-0.2, -0.15) is 0 Å². The molecule has 0 spiro atoms. The van der Waals surface area contributed by atoms with Crippen LogP contribution in [0.1, 0.15) is 40.5 Å². The van der Waals surface area contributed by atoms with Crippen molar-refractivity contribution < 1.29 is 18.0 Å².